The molecule has 0 unspecified atom stereocenters. The maximum Gasteiger partial charge on any atom is 0.263 e. The molecule has 6 heteroatoms. The molecule has 0 saturated heterocycles. The lowest BCUT2D eigenvalue weighted by molar-refractivity contribution is 0.0956. The number of hydrogen-bond donors (Lipinski definition) is 3. The Morgan fingerprint density at radius 3 is 2.76 bits per heavy atom. The van der Waals surface area contributed by atoms with E-state index >= 15 is 0 Å². The van der Waals surface area contributed by atoms with Gasteiger partial charge in [-0.3, -0.25) is 4.79 Å². The Labute approximate surface area is 135 Å². The molecule has 0 aliphatic heterocycles. The van der Waals surface area contributed by atoms with E-state index in [1.807, 2.05) is 6.26 Å². The van der Waals surface area contributed by atoms with Crippen LogP contribution in [0.15, 0.2) is 4.90 Å². The number of nitrogens with two attached hydrogens (primary N) is 1. The standard InChI is InChI=1S/C15H25N3OS2/c1-3-4-5-6-9-17-15-13(20-2)11(16)12(21-15)14(19)18-10-7-8-10/h10,17H,3-9,16H2,1-2H3,(H,18,19). The minimum Gasteiger partial charge on any atom is -0.396 e. The molecule has 21 heavy (non-hydrogen) atoms. The number of carbonyl (C=O) groups is 1. The number of nitrogens with one attached hydrogen (secondary N) is 2. The Morgan fingerprint density at radius 2 is 2.14 bits per heavy atom. The first-order valence-electron chi connectivity index (χ1n) is 7.68. The molecule has 0 bridgehead atoms. The number of carbonyl (C=O) groups excluding carboxylic acids is 1. The smallest absolute Gasteiger partial charge is 0.263 e. The lowest BCUT2D eigenvalue weighted by Crippen LogP contribution is -2.25. The molecule has 4 nitrogen and oxygen atoms in total. The van der Waals surface area contributed by atoms with E-state index in [1.165, 1.54) is 30.6 Å². The summed E-state index contributed by atoms with van der Waals surface area (Å²) in [7, 11) is 0. The highest BCUT2D eigenvalue weighted by molar-refractivity contribution is 7.99. The maximum absolute atomic E-state index is 12.2. The molecular weight excluding hydrogens is 302 g/mol. The van der Waals surface area contributed by atoms with E-state index in [0.717, 1.165) is 35.7 Å². The number of amides is 1. The highest BCUT2D eigenvalue weighted by Gasteiger charge is 2.27. The molecular formula is C15H25N3OS2. The van der Waals surface area contributed by atoms with E-state index in [-0.39, 0.29) is 5.91 Å². The van der Waals surface area contributed by atoms with Crippen LogP contribution in [0.3, 0.4) is 0 Å². The van der Waals surface area contributed by atoms with Gasteiger partial charge in [-0.1, -0.05) is 26.2 Å². The monoisotopic (exact) mass is 327 g/mol. The first kappa shape index (κ1) is 16.5. The predicted molar refractivity (Wildman–Crippen MR) is 93.6 cm³/mol. The van der Waals surface area contributed by atoms with E-state index in [9.17, 15) is 4.79 Å². The summed E-state index contributed by atoms with van der Waals surface area (Å²) in [6, 6.07) is 0.363. The van der Waals surface area contributed by atoms with Crippen LogP contribution in [0.25, 0.3) is 0 Å². The van der Waals surface area contributed by atoms with Crippen LogP contribution in [-0.2, 0) is 0 Å². The van der Waals surface area contributed by atoms with Crippen molar-refractivity contribution in [3.8, 4) is 0 Å². The van der Waals surface area contributed by atoms with Crippen LogP contribution in [0.2, 0.25) is 0 Å². The maximum atomic E-state index is 12.2. The van der Waals surface area contributed by atoms with E-state index < -0.39 is 0 Å². The van der Waals surface area contributed by atoms with Crippen LogP contribution in [0.5, 0.6) is 0 Å². The fourth-order valence-corrected chi connectivity index (χ4v) is 4.11. The number of unbranched alkanes of at least 4 members (excludes halogenated alkanes) is 3. The van der Waals surface area contributed by atoms with Crippen molar-refractivity contribution in [1.82, 2.24) is 5.32 Å². The molecule has 1 aromatic rings. The third-order valence-electron chi connectivity index (χ3n) is 3.54. The Bertz CT molecular complexity index is 484. The second-order valence-electron chi connectivity index (χ2n) is 5.44. The van der Waals surface area contributed by atoms with E-state index in [2.05, 4.69) is 17.6 Å². The zero-order valence-electron chi connectivity index (χ0n) is 12.8. The molecule has 118 valence electrons. The van der Waals surface area contributed by atoms with Crippen molar-refractivity contribution in [3.63, 3.8) is 0 Å². The largest absolute Gasteiger partial charge is 0.396 e. The van der Waals surface area contributed by atoms with Gasteiger partial charge >= 0.3 is 0 Å². The first-order chi connectivity index (χ1) is 10.2. The van der Waals surface area contributed by atoms with Gasteiger partial charge in [0.05, 0.1) is 10.6 Å². The number of thiophene rings is 1. The Kier molecular flexibility index (Phi) is 6.23. The Balaban J connectivity index is 1.97. The molecule has 1 amide bonds. The van der Waals surface area contributed by atoms with Gasteiger partial charge in [-0.15, -0.1) is 23.1 Å². The van der Waals surface area contributed by atoms with Crippen LogP contribution in [0.4, 0.5) is 10.7 Å². The molecule has 4 N–H and O–H groups in total. The zero-order chi connectivity index (χ0) is 15.2. The lowest BCUT2D eigenvalue weighted by atomic mass is 10.2. The second kappa shape index (κ2) is 7.94. The van der Waals surface area contributed by atoms with Gasteiger partial charge in [0.1, 0.15) is 9.88 Å². The van der Waals surface area contributed by atoms with E-state index in [1.54, 1.807) is 11.8 Å². The minimum absolute atomic E-state index is 0.0191. The molecule has 1 saturated carbocycles. The van der Waals surface area contributed by atoms with Crippen LogP contribution in [0.1, 0.15) is 55.1 Å². The number of nitrogen functional groups attached to an aromatic ring is 1. The molecule has 0 spiro atoms. The third kappa shape index (κ3) is 4.54. The Hall–Kier alpha value is -0.880. The summed E-state index contributed by atoms with van der Waals surface area (Å²) >= 11 is 3.09. The summed E-state index contributed by atoms with van der Waals surface area (Å²) in [6.45, 7) is 3.15. The van der Waals surface area contributed by atoms with Gasteiger partial charge in [0.25, 0.3) is 5.91 Å². The van der Waals surface area contributed by atoms with Gasteiger partial charge in [0.15, 0.2) is 0 Å². The molecule has 0 radical (unpaired) electrons. The molecule has 1 aliphatic carbocycles. The van der Waals surface area contributed by atoms with Crippen molar-refractivity contribution in [2.24, 2.45) is 0 Å². The van der Waals surface area contributed by atoms with Crippen molar-refractivity contribution in [1.29, 1.82) is 0 Å². The molecule has 0 aromatic carbocycles. The molecule has 1 aliphatic rings. The van der Waals surface area contributed by atoms with Gasteiger partial charge in [-0.05, 0) is 25.5 Å². The second-order valence-corrected chi connectivity index (χ2v) is 7.28. The predicted octanol–water partition coefficient (Wildman–Crippen LogP) is 3.94. The van der Waals surface area contributed by atoms with Crippen LogP contribution in [-0.4, -0.2) is 24.7 Å². The third-order valence-corrected chi connectivity index (χ3v) is 5.66. The molecule has 0 atom stereocenters. The minimum atomic E-state index is -0.0191. The Morgan fingerprint density at radius 1 is 1.38 bits per heavy atom. The van der Waals surface area contributed by atoms with Gasteiger partial charge in [-0.2, -0.15) is 0 Å². The topological polar surface area (TPSA) is 67.2 Å². The number of hydrogen-bond acceptors (Lipinski definition) is 5. The van der Waals surface area contributed by atoms with E-state index in [4.69, 9.17) is 5.73 Å². The summed E-state index contributed by atoms with van der Waals surface area (Å²) in [4.78, 5) is 13.9. The first-order valence-corrected chi connectivity index (χ1v) is 9.72. The SMILES string of the molecule is CCCCCCNc1sc(C(=O)NC2CC2)c(N)c1SC. The number of anilines is 2. The van der Waals surface area contributed by atoms with Gasteiger partial charge in [0, 0.05) is 12.6 Å². The number of thioether (sulfide) groups is 1. The molecule has 1 aromatic heterocycles. The quantitative estimate of drug-likeness (QED) is 0.475. The van der Waals surface area contributed by atoms with Crippen LogP contribution < -0.4 is 16.4 Å². The van der Waals surface area contributed by atoms with Crippen LogP contribution >= 0.6 is 23.1 Å². The van der Waals surface area contributed by atoms with E-state index in [0.29, 0.717) is 16.6 Å². The summed E-state index contributed by atoms with van der Waals surface area (Å²) in [5.74, 6) is -0.0191. The summed E-state index contributed by atoms with van der Waals surface area (Å²) in [6.07, 6.45) is 9.11. The molecule has 1 heterocycles. The van der Waals surface area contributed by atoms with Crippen molar-refractivity contribution in [2.75, 3.05) is 23.9 Å². The van der Waals surface area contributed by atoms with Crippen molar-refractivity contribution in [3.05, 3.63) is 4.88 Å². The van der Waals surface area contributed by atoms with Crippen molar-refractivity contribution < 1.29 is 4.79 Å². The molecule has 2 rings (SSSR count). The van der Waals surface area contributed by atoms with Crippen molar-refractivity contribution in [2.45, 2.75) is 56.4 Å². The van der Waals surface area contributed by atoms with Gasteiger partial charge < -0.3 is 16.4 Å². The highest BCUT2D eigenvalue weighted by atomic mass is 32.2. The summed E-state index contributed by atoms with van der Waals surface area (Å²) in [5, 5.41) is 7.50. The summed E-state index contributed by atoms with van der Waals surface area (Å²) in [5.41, 5.74) is 6.78. The van der Waals surface area contributed by atoms with Gasteiger partial charge in [-0.25, -0.2) is 0 Å². The summed E-state index contributed by atoms with van der Waals surface area (Å²) < 4.78 is 0. The lowest BCUT2D eigenvalue weighted by Gasteiger charge is -2.05. The molecule has 1 fully saturated rings. The average Bonchev–Trinajstić information content (AvgIpc) is 3.21. The number of rotatable bonds is 9. The zero-order valence-corrected chi connectivity index (χ0v) is 14.5. The fourth-order valence-electron chi connectivity index (χ4n) is 2.15. The van der Waals surface area contributed by atoms with Crippen LogP contribution in [0, 0.1) is 0 Å². The highest BCUT2D eigenvalue weighted by Crippen LogP contribution is 2.41. The van der Waals surface area contributed by atoms with Gasteiger partial charge in [0.2, 0.25) is 0 Å². The average molecular weight is 328 g/mol. The fraction of sp³-hybridized carbons (Fsp3) is 0.667. The van der Waals surface area contributed by atoms with Crippen molar-refractivity contribution >= 4 is 39.7 Å². The normalized spacial score (nSPS) is 14.2.